The predicted molar refractivity (Wildman–Crippen MR) is 83.6 cm³/mol. The summed E-state index contributed by atoms with van der Waals surface area (Å²) in [6, 6.07) is 3.95. The first-order chi connectivity index (χ1) is 10.2. The Labute approximate surface area is 131 Å². The van der Waals surface area contributed by atoms with Gasteiger partial charge in [-0.15, -0.1) is 0 Å². The normalized spacial score (nSPS) is 21.0. The van der Waals surface area contributed by atoms with Crippen molar-refractivity contribution in [3.63, 3.8) is 0 Å². The van der Waals surface area contributed by atoms with E-state index >= 15 is 0 Å². The summed E-state index contributed by atoms with van der Waals surface area (Å²) in [5.74, 6) is 0. The van der Waals surface area contributed by atoms with Crippen molar-refractivity contribution >= 4 is 20.0 Å². The Balaban J connectivity index is 2.43. The summed E-state index contributed by atoms with van der Waals surface area (Å²) >= 11 is 0. The lowest BCUT2D eigenvalue weighted by Crippen LogP contribution is -2.52. The number of hydrogen-bond acceptors (Lipinski definition) is 5. The second-order valence-electron chi connectivity index (χ2n) is 5.30. The molecule has 1 aliphatic rings. The molecule has 0 amide bonds. The molecule has 0 aromatic heterocycles. The van der Waals surface area contributed by atoms with E-state index in [-0.39, 0.29) is 15.8 Å². The molecule has 7 nitrogen and oxygen atoms in total. The maximum atomic E-state index is 12.7. The molecule has 9 heteroatoms. The van der Waals surface area contributed by atoms with Gasteiger partial charge in [0.2, 0.25) is 20.0 Å². The van der Waals surface area contributed by atoms with Crippen molar-refractivity contribution in [2.45, 2.75) is 29.7 Å². The van der Waals surface area contributed by atoms with Crippen molar-refractivity contribution < 1.29 is 16.8 Å². The van der Waals surface area contributed by atoms with Crippen LogP contribution in [-0.4, -0.2) is 53.9 Å². The highest BCUT2D eigenvalue weighted by molar-refractivity contribution is 7.89. The second kappa shape index (κ2) is 6.25. The maximum Gasteiger partial charge on any atom is 0.243 e. The molecule has 1 aliphatic heterocycles. The second-order valence-corrected chi connectivity index (χ2v) is 9.05. The minimum Gasteiger partial charge on any atom is -0.314 e. The number of hydrogen-bond donors (Lipinski definition) is 2. The number of aryl methyl sites for hydroxylation is 1. The first-order valence-corrected chi connectivity index (χ1v) is 9.89. The van der Waals surface area contributed by atoms with Crippen LogP contribution in [0.5, 0.6) is 0 Å². The highest BCUT2D eigenvalue weighted by atomic mass is 32.2. The third kappa shape index (κ3) is 3.18. The van der Waals surface area contributed by atoms with Gasteiger partial charge in [0.05, 0.1) is 9.79 Å². The summed E-state index contributed by atoms with van der Waals surface area (Å²) in [6.45, 7) is 5.04. The van der Waals surface area contributed by atoms with Gasteiger partial charge in [0, 0.05) is 25.7 Å². The Morgan fingerprint density at radius 2 is 1.95 bits per heavy atom. The summed E-state index contributed by atoms with van der Waals surface area (Å²) in [6.07, 6.45) is 0. The molecule has 1 heterocycles. The van der Waals surface area contributed by atoms with Crippen LogP contribution in [-0.2, 0) is 20.0 Å². The molecular formula is C13H21N3O4S2. The molecule has 0 radical (unpaired) electrons. The van der Waals surface area contributed by atoms with Crippen molar-refractivity contribution in [1.29, 1.82) is 0 Å². The lowest BCUT2D eigenvalue weighted by molar-refractivity contribution is 0.284. The van der Waals surface area contributed by atoms with Crippen molar-refractivity contribution in [3.8, 4) is 0 Å². The van der Waals surface area contributed by atoms with Crippen LogP contribution in [0, 0.1) is 6.92 Å². The van der Waals surface area contributed by atoms with Gasteiger partial charge < -0.3 is 5.32 Å². The van der Waals surface area contributed by atoms with E-state index in [2.05, 4.69) is 10.0 Å². The number of nitrogens with one attached hydrogen (secondary N) is 2. The van der Waals surface area contributed by atoms with Gasteiger partial charge in [0.15, 0.2) is 0 Å². The van der Waals surface area contributed by atoms with Gasteiger partial charge in [-0.1, -0.05) is 0 Å². The molecule has 22 heavy (non-hydrogen) atoms. The van der Waals surface area contributed by atoms with Crippen molar-refractivity contribution in [2.75, 3.05) is 26.7 Å². The van der Waals surface area contributed by atoms with Crippen LogP contribution >= 0.6 is 0 Å². The van der Waals surface area contributed by atoms with Crippen LogP contribution < -0.4 is 10.0 Å². The molecule has 0 spiro atoms. The minimum atomic E-state index is -3.62. The molecule has 0 aliphatic carbocycles. The third-order valence-corrected chi connectivity index (χ3v) is 7.34. The number of benzene rings is 1. The molecule has 1 unspecified atom stereocenters. The van der Waals surface area contributed by atoms with Crippen LogP contribution in [0.15, 0.2) is 28.0 Å². The van der Waals surface area contributed by atoms with Crippen LogP contribution in [0.2, 0.25) is 0 Å². The molecule has 1 atom stereocenters. The fraction of sp³-hybridized carbons (Fsp3) is 0.538. The lowest BCUT2D eigenvalue weighted by atomic mass is 10.2. The smallest absolute Gasteiger partial charge is 0.243 e. The van der Waals surface area contributed by atoms with E-state index in [4.69, 9.17) is 0 Å². The van der Waals surface area contributed by atoms with E-state index in [9.17, 15) is 16.8 Å². The molecular weight excluding hydrogens is 326 g/mol. The van der Waals surface area contributed by atoms with Gasteiger partial charge >= 0.3 is 0 Å². The summed E-state index contributed by atoms with van der Waals surface area (Å²) in [5.41, 5.74) is 0.401. The van der Waals surface area contributed by atoms with Crippen LogP contribution in [0.4, 0.5) is 0 Å². The number of piperazine rings is 1. The zero-order valence-corrected chi connectivity index (χ0v) is 14.5. The molecule has 1 aromatic carbocycles. The molecule has 2 N–H and O–H groups in total. The molecule has 0 saturated carbocycles. The average molecular weight is 347 g/mol. The summed E-state index contributed by atoms with van der Waals surface area (Å²) in [7, 11) is -5.90. The highest BCUT2D eigenvalue weighted by Crippen LogP contribution is 2.23. The monoisotopic (exact) mass is 347 g/mol. The summed E-state index contributed by atoms with van der Waals surface area (Å²) in [5, 5.41) is 3.14. The zero-order valence-electron chi connectivity index (χ0n) is 12.8. The van der Waals surface area contributed by atoms with Gasteiger partial charge in [-0.3, -0.25) is 0 Å². The third-order valence-electron chi connectivity index (χ3n) is 3.75. The van der Waals surface area contributed by atoms with Crippen molar-refractivity contribution in [2.24, 2.45) is 0 Å². The molecule has 2 rings (SSSR count). The predicted octanol–water partition coefficient (Wildman–Crippen LogP) is -0.114. The first-order valence-electron chi connectivity index (χ1n) is 6.97. The summed E-state index contributed by atoms with van der Waals surface area (Å²) in [4.78, 5) is 0.205. The van der Waals surface area contributed by atoms with Gasteiger partial charge in [-0.2, -0.15) is 4.31 Å². The van der Waals surface area contributed by atoms with E-state index in [0.29, 0.717) is 25.2 Å². The van der Waals surface area contributed by atoms with Gasteiger partial charge in [-0.05, 0) is 44.7 Å². The fourth-order valence-corrected chi connectivity index (χ4v) is 5.18. The Morgan fingerprint density at radius 3 is 2.50 bits per heavy atom. The van der Waals surface area contributed by atoms with Gasteiger partial charge in [-0.25, -0.2) is 21.6 Å². The van der Waals surface area contributed by atoms with E-state index in [1.165, 1.54) is 29.6 Å². The van der Waals surface area contributed by atoms with E-state index in [1.807, 2.05) is 6.92 Å². The molecule has 1 fully saturated rings. The lowest BCUT2D eigenvalue weighted by Gasteiger charge is -2.32. The average Bonchev–Trinajstić information content (AvgIpc) is 2.47. The number of rotatable bonds is 4. The Kier molecular flexibility index (Phi) is 4.93. The minimum absolute atomic E-state index is 0.0855. The molecule has 1 aromatic rings. The fourth-order valence-electron chi connectivity index (χ4n) is 2.51. The standard InChI is InChI=1S/C13H21N3O4S2/c1-10-8-12(4-5-13(10)21(17,18)14-3)22(19,20)16-7-6-15-9-11(16)2/h4-5,8,11,14-15H,6-7,9H2,1-3H3. The van der Waals surface area contributed by atoms with Crippen LogP contribution in [0.25, 0.3) is 0 Å². The molecule has 0 bridgehead atoms. The maximum absolute atomic E-state index is 12.7. The topological polar surface area (TPSA) is 95.6 Å². The van der Waals surface area contributed by atoms with E-state index < -0.39 is 20.0 Å². The van der Waals surface area contributed by atoms with E-state index in [0.717, 1.165) is 0 Å². The largest absolute Gasteiger partial charge is 0.314 e. The number of nitrogens with zero attached hydrogens (tertiary/aromatic N) is 1. The van der Waals surface area contributed by atoms with E-state index in [1.54, 1.807) is 6.92 Å². The Hall–Kier alpha value is -1.00. The Morgan fingerprint density at radius 1 is 1.27 bits per heavy atom. The van der Waals surface area contributed by atoms with Crippen LogP contribution in [0.3, 0.4) is 0 Å². The van der Waals surface area contributed by atoms with Crippen molar-refractivity contribution in [3.05, 3.63) is 23.8 Å². The SMILES string of the molecule is CNS(=O)(=O)c1ccc(S(=O)(=O)N2CCNCC2C)cc1C. The molecule has 124 valence electrons. The highest BCUT2D eigenvalue weighted by Gasteiger charge is 2.31. The van der Waals surface area contributed by atoms with Gasteiger partial charge in [0.25, 0.3) is 0 Å². The molecule has 1 saturated heterocycles. The van der Waals surface area contributed by atoms with Crippen molar-refractivity contribution in [1.82, 2.24) is 14.3 Å². The summed E-state index contributed by atoms with van der Waals surface area (Å²) < 4.78 is 52.8. The van der Waals surface area contributed by atoms with Gasteiger partial charge in [0.1, 0.15) is 0 Å². The first kappa shape index (κ1) is 17.4. The van der Waals surface area contributed by atoms with Crippen LogP contribution in [0.1, 0.15) is 12.5 Å². The Bertz CT molecular complexity index is 759. The quantitative estimate of drug-likeness (QED) is 0.792. The number of sulfonamides is 2. The zero-order chi connectivity index (χ0) is 16.5.